The maximum Gasteiger partial charge on any atom is 0.573 e. The zero-order chi connectivity index (χ0) is 17.2. The van der Waals surface area contributed by atoms with E-state index in [1.165, 1.54) is 28.9 Å². The first-order valence-electron chi connectivity index (χ1n) is 6.81. The fourth-order valence-electron chi connectivity index (χ4n) is 2.15. The number of aliphatic hydroxyl groups excluding tert-OH is 1. The van der Waals surface area contributed by atoms with Crippen LogP contribution in [0.2, 0.25) is 0 Å². The van der Waals surface area contributed by atoms with Gasteiger partial charge in [0, 0.05) is 6.20 Å². The molecule has 3 rings (SSSR count). The largest absolute Gasteiger partial charge is 0.573 e. The molecule has 0 unspecified atom stereocenters. The van der Waals surface area contributed by atoms with Gasteiger partial charge in [0.15, 0.2) is 0 Å². The lowest BCUT2D eigenvalue weighted by Crippen LogP contribution is -2.17. The van der Waals surface area contributed by atoms with Crippen LogP contribution in [-0.4, -0.2) is 31.4 Å². The highest BCUT2D eigenvalue weighted by Crippen LogP contribution is 2.26. The van der Waals surface area contributed by atoms with Crippen molar-refractivity contribution in [2.75, 3.05) is 0 Å². The molecule has 2 aromatic heterocycles. The smallest absolute Gasteiger partial charge is 0.406 e. The Morgan fingerprint density at radius 1 is 1.08 bits per heavy atom. The zero-order valence-corrected chi connectivity index (χ0v) is 12.1. The van der Waals surface area contributed by atoms with E-state index in [4.69, 9.17) is 0 Å². The third kappa shape index (κ3) is 3.35. The molecule has 0 aliphatic rings. The van der Waals surface area contributed by atoms with Gasteiger partial charge < -0.3 is 9.84 Å². The maximum atomic E-state index is 12.2. The van der Waals surface area contributed by atoms with Gasteiger partial charge in [0.25, 0.3) is 0 Å². The van der Waals surface area contributed by atoms with Crippen LogP contribution in [0.1, 0.15) is 5.69 Å². The summed E-state index contributed by atoms with van der Waals surface area (Å²) in [5.41, 5.74) is 1.76. The molecule has 0 radical (unpaired) electrons. The summed E-state index contributed by atoms with van der Waals surface area (Å²) in [5, 5.41) is 17.2. The van der Waals surface area contributed by atoms with E-state index in [0.29, 0.717) is 22.8 Å². The number of halogens is 3. The minimum Gasteiger partial charge on any atom is -0.406 e. The standard InChI is InChI=1S/C15H11F3N4O2/c16-15(17,18)24-11-6-4-10(5-7-11)22-14(13(9-23)20-21-22)12-3-1-2-8-19-12/h1-8,23H,9H2. The monoisotopic (exact) mass is 336 g/mol. The van der Waals surface area contributed by atoms with Crippen molar-refractivity contribution in [1.82, 2.24) is 20.0 Å². The molecule has 0 saturated heterocycles. The average Bonchev–Trinajstić information content (AvgIpc) is 2.99. The first-order valence-corrected chi connectivity index (χ1v) is 6.81. The van der Waals surface area contributed by atoms with E-state index in [1.54, 1.807) is 24.4 Å². The molecule has 0 amide bonds. The van der Waals surface area contributed by atoms with Gasteiger partial charge in [-0.25, -0.2) is 4.68 Å². The van der Waals surface area contributed by atoms with Crippen molar-refractivity contribution in [1.29, 1.82) is 0 Å². The van der Waals surface area contributed by atoms with Gasteiger partial charge >= 0.3 is 6.36 Å². The molecule has 2 heterocycles. The van der Waals surface area contributed by atoms with E-state index >= 15 is 0 Å². The molecule has 0 aliphatic carbocycles. The summed E-state index contributed by atoms with van der Waals surface area (Å²) < 4.78 is 41.9. The molecular weight excluding hydrogens is 325 g/mol. The zero-order valence-electron chi connectivity index (χ0n) is 12.1. The summed E-state index contributed by atoms with van der Waals surface area (Å²) in [6, 6.07) is 10.4. The minimum absolute atomic E-state index is 0.310. The van der Waals surface area contributed by atoms with Gasteiger partial charge in [-0.05, 0) is 36.4 Å². The molecule has 0 saturated carbocycles. The second kappa shape index (κ2) is 6.28. The van der Waals surface area contributed by atoms with Crippen LogP contribution in [0.25, 0.3) is 17.1 Å². The van der Waals surface area contributed by atoms with Crippen LogP contribution in [0.3, 0.4) is 0 Å². The van der Waals surface area contributed by atoms with Crippen LogP contribution in [0, 0.1) is 0 Å². The van der Waals surface area contributed by atoms with Gasteiger partial charge in [-0.2, -0.15) is 0 Å². The fourth-order valence-corrected chi connectivity index (χ4v) is 2.15. The van der Waals surface area contributed by atoms with Crippen molar-refractivity contribution >= 4 is 0 Å². The van der Waals surface area contributed by atoms with Crippen molar-refractivity contribution in [3.8, 4) is 22.8 Å². The second-order valence-electron chi connectivity index (χ2n) is 4.71. The van der Waals surface area contributed by atoms with E-state index in [1.807, 2.05) is 0 Å². The Hall–Kier alpha value is -2.94. The lowest BCUT2D eigenvalue weighted by Gasteiger charge is -2.10. The Morgan fingerprint density at radius 3 is 2.42 bits per heavy atom. The van der Waals surface area contributed by atoms with E-state index in [0.717, 1.165) is 0 Å². The lowest BCUT2D eigenvalue weighted by molar-refractivity contribution is -0.274. The summed E-state index contributed by atoms with van der Waals surface area (Å²) in [5.74, 6) is -0.340. The van der Waals surface area contributed by atoms with Crippen LogP contribution >= 0.6 is 0 Å². The molecule has 6 nitrogen and oxygen atoms in total. The molecule has 124 valence electrons. The topological polar surface area (TPSA) is 73.1 Å². The maximum absolute atomic E-state index is 12.2. The van der Waals surface area contributed by atoms with Gasteiger partial charge in [0.1, 0.15) is 17.1 Å². The summed E-state index contributed by atoms with van der Waals surface area (Å²) in [7, 11) is 0. The molecule has 24 heavy (non-hydrogen) atoms. The molecule has 1 aromatic carbocycles. The SMILES string of the molecule is OCc1nnn(-c2ccc(OC(F)(F)F)cc2)c1-c1ccccn1. The van der Waals surface area contributed by atoms with Crippen LogP contribution in [0.5, 0.6) is 5.75 Å². The van der Waals surface area contributed by atoms with Crippen molar-refractivity contribution in [2.24, 2.45) is 0 Å². The fraction of sp³-hybridized carbons (Fsp3) is 0.133. The summed E-state index contributed by atoms with van der Waals surface area (Å²) in [6.07, 6.45) is -3.17. The van der Waals surface area contributed by atoms with Crippen molar-refractivity contribution < 1.29 is 23.0 Å². The van der Waals surface area contributed by atoms with Gasteiger partial charge in [-0.15, -0.1) is 18.3 Å². The number of nitrogens with zero attached hydrogens (tertiary/aromatic N) is 4. The number of aliphatic hydroxyl groups is 1. The summed E-state index contributed by atoms with van der Waals surface area (Å²) in [4.78, 5) is 4.20. The highest BCUT2D eigenvalue weighted by molar-refractivity contribution is 5.60. The van der Waals surface area contributed by atoms with Crippen molar-refractivity contribution in [2.45, 2.75) is 13.0 Å². The first-order chi connectivity index (χ1) is 11.5. The number of alkyl halides is 3. The van der Waals surface area contributed by atoms with Crippen LogP contribution in [0.4, 0.5) is 13.2 Å². The number of pyridine rings is 1. The number of hydrogen-bond donors (Lipinski definition) is 1. The third-order valence-corrected chi connectivity index (χ3v) is 3.11. The van der Waals surface area contributed by atoms with Gasteiger partial charge in [-0.3, -0.25) is 4.98 Å². The van der Waals surface area contributed by atoms with Gasteiger partial charge in [0.2, 0.25) is 0 Å². The number of aromatic nitrogens is 4. The predicted octanol–water partition coefficient (Wildman–Crippen LogP) is 2.72. The minimum atomic E-state index is -4.75. The van der Waals surface area contributed by atoms with E-state index in [9.17, 15) is 18.3 Å². The molecule has 0 bridgehead atoms. The quantitative estimate of drug-likeness (QED) is 0.793. The van der Waals surface area contributed by atoms with Crippen molar-refractivity contribution in [3.63, 3.8) is 0 Å². The Balaban J connectivity index is 2.00. The predicted molar refractivity (Wildman–Crippen MR) is 77.2 cm³/mol. The molecular formula is C15H11F3N4O2. The summed E-state index contributed by atoms with van der Waals surface area (Å²) in [6.45, 7) is -0.346. The molecule has 0 spiro atoms. The first kappa shape index (κ1) is 15.9. The Bertz CT molecular complexity index is 817. The van der Waals surface area contributed by atoms with Crippen molar-refractivity contribution in [3.05, 3.63) is 54.4 Å². The molecule has 0 fully saturated rings. The highest BCUT2D eigenvalue weighted by atomic mass is 19.4. The average molecular weight is 336 g/mol. The number of benzene rings is 1. The molecule has 0 atom stereocenters. The lowest BCUT2D eigenvalue weighted by atomic mass is 10.2. The number of hydrogen-bond acceptors (Lipinski definition) is 5. The molecule has 1 N–H and O–H groups in total. The molecule has 0 aliphatic heterocycles. The molecule has 3 aromatic rings. The van der Waals surface area contributed by atoms with Crippen LogP contribution in [-0.2, 0) is 6.61 Å². The van der Waals surface area contributed by atoms with Crippen LogP contribution < -0.4 is 4.74 Å². The van der Waals surface area contributed by atoms with E-state index in [-0.39, 0.29) is 12.4 Å². The Labute approximate surface area is 134 Å². The van der Waals surface area contributed by atoms with Gasteiger partial charge in [0.05, 0.1) is 18.0 Å². The highest BCUT2D eigenvalue weighted by Gasteiger charge is 2.31. The Kier molecular flexibility index (Phi) is 4.17. The number of ether oxygens (including phenoxy) is 1. The second-order valence-corrected chi connectivity index (χ2v) is 4.71. The Morgan fingerprint density at radius 2 is 1.83 bits per heavy atom. The third-order valence-electron chi connectivity index (χ3n) is 3.11. The normalized spacial score (nSPS) is 11.5. The number of rotatable bonds is 4. The summed E-state index contributed by atoms with van der Waals surface area (Å²) >= 11 is 0. The molecule has 9 heteroatoms. The van der Waals surface area contributed by atoms with E-state index < -0.39 is 6.36 Å². The van der Waals surface area contributed by atoms with Crippen LogP contribution in [0.15, 0.2) is 48.7 Å². The van der Waals surface area contributed by atoms with E-state index in [2.05, 4.69) is 20.0 Å². The van der Waals surface area contributed by atoms with Gasteiger partial charge in [-0.1, -0.05) is 11.3 Å².